The summed E-state index contributed by atoms with van der Waals surface area (Å²) in [7, 11) is 0. The summed E-state index contributed by atoms with van der Waals surface area (Å²) >= 11 is 1.52. The van der Waals surface area contributed by atoms with E-state index in [0.717, 1.165) is 26.7 Å². The van der Waals surface area contributed by atoms with Gasteiger partial charge in [-0.25, -0.2) is 9.78 Å². The fourth-order valence-corrected chi connectivity index (χ4v) is 3.31. The molecule has 0 amide bonds. The van der Waals surface area contributed by atoms with Crippen molar-refractivity contribution in [1.82, 2.24) is 9.97 Å². The molecule has 0 saturated carbocycles. The van der Waals surface area contributed by atoms with Crippen LogP contribution in [0, 0.1) is 0 Å². The van der Waals surface area contributed by atoms with E-state index in [1.807, 2.05) is 25.1 Å². The zero-order valence-electron chi connectivity index (χ0n) is 12.4. The maximum atomic E-state index is 11.2. The molecule has 3 N–H and O–H groups in total. The summed E-state index contributed by atoms with van der Waals surface area (Å²) in [6.07, 6.45) is 3.43. The number of hydrogen-bond donors (Lipinski definition) is 2. The minimum Gasteiger partial charge on any atom is -0.478 e. The van der Waals surface area contributed by atoms with Gasteiger partial charge in [-0.3, -0.25) is 4.98 Å². The smallest absolute Gasteiger partial charge is 0.335 e. The van der Waals surface area contributed by atoms with E-state index in [-0.39, 0.29) is 11.6 Å². The minimum absolute atomic E-state index is 0.188. The molecule has 6 heteroatoms. The van der Waals surface area contributed by atoms with Crippen LogP contribution < -0.4 is 5.73 Å². The summed E-state index contributed by atoms with van der Waals surface area (Å²) in [6, 6.07) is 10.3. The Morgan fingerprint density at radius 2 is 1.96 bits per heavy atom. The number of pyridine rings is 1. The number of carboxylic acid groups (broad SMARTS) is 1. The number of aromatic carboxylic acids is 1. The molecule has 0 saturated heterocycles. The van der Waals surface area contributed by atoms with Crippen LogP contribution >= 0.6 is 11.3 Å². The van der Waals surface area contributed by atoms with Crippen LogP contribution in [0.5, 0.6) is 0 Å². The third-order valence-electron chi connectivity index (χ3n) is 3.38. The second kappa shape index (κ2) is 6.28. The highest BCUT2D eigenvalue weighted by Crippen LogP contribution is 2.36. The van der Waals surface area contributed by atoms with Crippen molar-refractivity contribution in [1.29, 1.82) is 0 Å². The number of nitrogens with two attached hydrogens (primary N) is 1. The third kappa shape index (κ3) is 3.13. The van der Waals surface area contributed by atoms with Crippen LogP contribution in [0.1, 0.15) is 28.2 Å². The Morgan fingerprint density at radius 1 is 1.22 bits per heavy atom. The highest BCUT2D eigenvalue weighted by Gasteiger charge is 2.18. The number of hydrogen-bond acceptors (Lipinski definition) is 5. The molecule has 0 aliphatic heterocycles. The number of thiazole rings is 1. The van der Waals surface area contributed by atoms with Crippen molar-refractivity contribution in [3.63, 3.8) is 0 Å². The van der Waals surface area contributed by atoms with Crippen molar-refractivity contribution in [2.24, 2.45) is 5.73 Å². The normalized spacial score (nSPS) is 12.1. The summed E-state index contributed by atoms with van der Waals surface area (Å²) < 4.78 is 0. The highest BCUT2D eigenvalue weighted by atomic mass is 32.1. The summed E-state index contributed by atoms with van der Waals surface area (Å²) in [6.45, 7) is 1.90. The molecular weight excluding hydrogens is 310 g/mol. The maximum Gasteiger partial charge on any atom is 0.335 e. The van der Waals surface area contributed by atoms with E-state index in [2.05, 4.69) is 4.98 Å². The molecule has 2 aromatic heterocycles. The van der Waals surface area contributed by atoms with Gasteiger partial charge in [0.1, 0.15) is 5.01 Å². The van der Waals surface area contributed by atoms with Gasteiger partial charge in [-0.2, -0.15) is 0 Å². The fourth-order valence-electron chi connectivity index (χ4n) is 2.26. The summed E-state index contributed by atoms with van der Waals surface area (Å²) in [4.78, 5) is 20.8. The fraction of sp³-hybridized carbons (Fsp3) is 0.118. The first-order valence-corrected chi connectivity index (χ1v) is 7.88. The van der Waals surface area contributed by atoms with Gasteiger partial charge in [-0.05, 0) is 31.2 Å². The SMILES string of the molecule is CC(N)c1sc(-c2ccncc2)nc1-c1cccc(C(=O)O)c1. The maximum absolute atomic E-state index is 11.2. The van der Waals surface area contributed by atoms with Crippen LogP contribution in [0.25, 0.3) is 21.8 Å². The Labute approximate surface area is 137 Å². The molecule has 3 rings (SSSR count). The van der Waals surface area contributed by atoms with Gasteiger partial charge in [0.15, 0.2) is 0 Å². The average Bonchev–Trinajstić information content (AvgIpc) is 3.01. The standard InChI is InChI=1S/C17H15N3O2S/c1-10(18)15-14(12-3-2-4-13(9-12)17(21)22)20-16(23-15)11-5-7-19-8-6-11/h2-10H,18H2,1H3,(H,21,22). The summed E-state index contributed by atoms with van der Waals surface area (Å²) in [5, 5.41) is 10.0. The van der Waals surface area contributed by atoms with Gasteiger partial charge in [0.25, 0.3) is 0 Å². The zero-order valence-corrected chi connectivity index (χ0v) is 13.2. The zero-order chi connectivity index (χ0) is 16.4. The number of carbonyl (C=O) groups is 1. The summed E-state index contributed by atoms with van der Waals surface area (Å²) in [5.41, 5.74) is 8.78. The molecule has 0 spiro atoms. The van der Waals surface area contributed by atoms with Gasteiger partial charge in [0.05, 0.1) is 11.3 Å². The minimum atomic E-state index is -0.959. The molecule has 116 valence electrons. The Morgan fingerprint density at radius 3 is 2.61 bits per heavy atom. The predicted molar refractivity (Wildman–Crippen MR) is 90.3 cm³/mol. The van der Waals surface area contributed by atoms with E-state index >= 15 is 0 Å². The number of aromatic nitrogens is 2. The third-order valence-corrected chi connectivity index (χ3v) is 4.68. The lowest BCUT2D eigenvalue weighted by atomic mass is 10.1. The lowest BCUT2D eigenvalue weighted by molar-refractivity contribution is 0.0697. The van der Waals surface area contributed by atoms with Gasteiger partial charge in [-0.15, -0.1) is 11.3 Å². The predicted octanol–water partition coefficient (Wildman–Crippen LogP) is 3.59. The van der Waals surface area contributed by atoms with Crippen molar-refractivity contribution in [3.05, 3.63) is 59.2 Å². The Bertz CT molecular complexity index is 844. The first kappa shape index (κ1) is 15.3. The molecule has 1 unspecified atom stereocenters. The topological polar surface area (TPSA) is 89.1 Å². The van der Waals surface area contributed by atoms with Crippen molar-refractivity contribution in [3.8, 4) is 21.8 Å². The van der Waals surface area contributed by atoms with Gasteiger partial charge in [0.2, 0.25) is 0 Å². The lowest BCUT2D eigenvalue weighted by Gasteiger charge is -2.06. The molecule has 23 heavy (non-hydrogen) atoms. The average molecular weight is 325 g/mol. The van der Waals surface area contributed by atoms with Gasteiger partial charge >= 0.3 is 5.97 Å². The molecule has 0 fully saturated rings. The lowest BCUT2D eigenvalue weighted by Crippen LogP contribution is -2.04. The van der Waals surface area contributed by atoms with E-state index in [1.165, 1.54) is 11.3 Å². The molecule has 3 aromatic rings. The number of benzene rings is 1. The van der Waals surface area contributed by atoms with E-state index in [1.54, 1.807) is 30.6 Å². The molecule has 0 aliphatic carbocycles. The molecule has 5 nitrogen and oxygen atoms in total. The number of carboxylic acids is 1. The van der Waals surface area contributed by atoms with Gasteiger partial charge < -0.3 is 10.8 Å². The van der Waals surface area contributed by atoms with Crippen molar-refractivity contribution in [2.45, 2.75) is 13.0 Å². The van der Waals surface area contributed by atoms with Crippen LogP contribution in [-0.2, 0) is 0 Å². The van der Waals surface area contributed by atoms with Gasteiger partial charge in [0, 0.05) is 34.4 Å². The molecule has 1 atom stereocenters. The quantitative estimate of drug-likeness (QED) is 0.765. The van der Waals surface area contributed by atoms with E-state index in [9.17, 15) is 4.79 Å². The molecule has 0 radical (unpaired) electrons. The van der Waals surface area contributed by atoms with Crippen LogP contribution in [0.4, 0.5) is 0 Å². The molecule has 0 bridgehead atoms. The Balaban J connectivity index is 2.13. The number of nitrogens with zero attached hydrogens (tertiary/aromatic N) is 2. The van der Waals surface area contributed by atoms with E-state index in [4.69, 9.17) is 15.8 Å². The first-order valence-electron chi connectivity index (χ1n) is 7.06. The Kier molecular flexibility index (Phi) is 4.18. The molecule has 1 aromatic carbocycles. The second-order valence-electron chi connectivity index (χ2n) is 5.14. The highest BCUT2D eigenvalue weighted by molar-refractivity contribution is 7.15. The van der Waals surface area contributed by atoms with Crippen LogP contribution in [0.2, 0.25) is 0 Å². The van der Waals surface area contributed by atoms with E-state index < -0.39 is 5.97 Å². The van der Waals surface area contributed by atoms with Gasteiger partial charge in [-0.1, -0.05) is 12.1 Å². The summed E-state index contributed by atoms with van der Waals surface area (Å²) in [5.74, 6) is -0.959. The van der Waals surface area contributed by atoms with Crippen molar-refractivity contribution in [2.75, 3.05) is 0 Å². The molecular formula is C17H15N3O2S. The van der Waals surface area contributed by atoms with Crippen molar-refractivity contribution < 1.29 is 9.90 Å². The first-order chi connectivity index (χ1) is 11.1. The Hall–Kier alpha value is -2.57. The van der Waals surface area contributed by atoms with Crippen molar-refractivity contribution >= 4 is 17.3 Å². The van der Waals surface area contributed by atoms with Crippen LogP contribution in [0.15, 0.2) is 48.8 Å². The largest absolute Gasteiger partial charge is 0.478 e. The second-order valence-corrected chi connectivity index (χ2v) is 6.17. The number of rotatable bonds is 4. The van der Waals surface area contributed by atoms with Crippen LogP contribution in [0.3, 0.4) is 0 Å². The van der Waals surface area contributed by atoms with E-state index in [0.29, 0.717) is 0 Å². The monoisotopic (exact) mass is 325 g/mol. The van der Waals surface area contributed by atoms with Crippen LogP contribution in [-0.4, -0.2) is 21.0 Å². The molecule has 2 heterocycles. The molecule has 0 aliphatic rings.